The van der Waals surface area contributed by atoms with Crippen LogP contribution in [0.2, 0.25) is 0 Å². The molecule has 0 aromatic carbocycles. The lowest BCUT2D eigenvalue weighted by Crippen LogP contribution is -2.48. The number of H-pyrrole nitrogens is 1. The smallest absolute Gasteiger partial charge is 0.335 e. The molecule has 27 heavy (non-hydrogen) atoms. The largest absolute Gasteiger partial charge is 0.431 e. The number of carbonyl (C=O) groups excluding carboxylic acids is 1. The van der Waals surface area contributed by atoms with E-state index in [1.807, 2.05) is 16.3 Å². The van der Waals surface area contributed by atoms with E-state index in [9.17, 15) is 18.0 Å². The van der Waals surface area contributed by atoms with Gasteiger partial charge in [0.25, 0.3) is 5.91 Å². The van der Waals surface area contributed by atoms with Crippen LogP contribution in [0.25, 0.3) is 11.0 Å². The highest BCUT2D eigenvalue weighted by Gasteiger charge is 2.37. The van der Waals surface area contributed by atoms with Crippen molar-refractivity contribution in [3.05, 3.63) is 52.0 Å². The van der Waals surface area contributed by atoms with E-state index in [0.29, 0.717) is 36.4 Å². The van der Waals surface area contributed by atoms with Gasteiger partial charge in [-0.15, -0.1) is 11.3 Å². The second-order valence-corrected chi connectivity index (χ2v) is 7.37. The van der Waals surface area contributed by atoms with E-state index in [-0.39, 0.29) is 23.7 Å². The Morgan fingerprint density at radius 2 is 1.96 bits per heavy atom. The first-order chi connectivity index (χ1) is 12.9. The summed E-state index contributed by atoms with van der Waals surface area (Å²) in [5.74, 6) is -0.0167. The van der Waals surface area contributed by atoms with Crippen molar-refractivity contribution in [2.75, 3.05) is 26.2 Å². The highest BCUT2D eigenvalue weighted by Crippen LogP contribution is 2.35. The summed E-state index contributed by atoms with van der Waals surface area (Å²) in [5.41, 5.74) is -0.289. The number of pyridine rings is 1. The van der Waals surface area contributed by atoms with Crippen LogP contribution in [-0.4, -0.2) is 51.9 Å². The van der Waals surface area contributed by atoms with Gasteiger partial charge in [-0.2, -0.15) is 13.2 Å². The first kappa shape index (κ1) is 18.0. The number of carbonyl (C=O) groups is 1. The Bertz CT molecular complexity index is 943. The topological polar surface area (TPSA) is 52.2 Å². The minimum atomic E-state index is -4.47. The fourth-order valence-electron chi connectivity index (χ4n) is 3.37. The molecule has 1 fully saturated rings. The van der Waals surface area contributed by atoms with E-state index < -0.39 is 11.9 Å². The standard InChI is InChI=1S/C18H17F3N4OS/c19-18(20,21)15-13(12-3-1-5-22-16(12)23-15)11-24-6-8-25(9-7-24)17(26)14-4-2-10-27-14/h1-5,10H,6-9,11H2,(H,22,23). The molecule has 9 heteroatoms. The molecule has 0 saturated carbocycles. The number of nitrogens with zero attached hydrogens (tertiary/aromatic N) is 3. The molecule has 3 aromatic heterocycles. The van der Waals surface area contributed by atoms with Gasteiger partial charge in [0.15, 0.2) is 0 Å². The van der Waals surface area contributed by atoms with Crippen molar-refractivity contribution in [2.24, 2.45) is 0 Å². The van der Waals surface area contributed by atoms with Crippen molar-refractivity contribution < 1.29 is 18.0 Å². The van der Waals surface area contributed by atoms with Gasteiger partial charge in [0.1, 0.15) is 11.3 Å². The number of piperazine rings is 1. The highest BCUT2D eigenvalue weighted by atomic mass is 32.1. The van der Waals surface area contributed by atoms with Crippen molar-refractivity contribution in [1.82, 2.24) is 19.8 Å². The first-order valence-corrected chi connectivity index (χ1v) is 9.39. The van der Waals surface area contributed by atoms with Gasteiger partial charge in [-0.3, -0.25) is 9.69 Å². The number of halogens is 3. The van der Waals surface area contributed by atoms with Gasteiger partial charge in [0.2, 0.25) is 0 Å². The number of hydrogen-bond donors (Lipinski definition) is 1. The zero-order valence-electron chi connectivity index (χ0n) is 14.3. The maximum absolute atomic E-state index is 13.4. The molecule has 5 nitrogen and oxygen atoms in total. The van der Waals surface area contributed by atoms with Crippen LogP contribution >= 0.6 is 11.3 Å². The summed E-state index contributed by atoms with van der Waals surface area (Å²) in [6.07, 6.45) is -3.00. The number of thiophene rings is 1. The summed E-state index contributed by atoms with van der Waals surface area (Å²) in [7, 11) is 0. The second kappa shape index (κ2) is 6.97. The Morgan fingerprint density at radius 3 is 2.63 bits per heavy atom. The summed E-state index contributed by atoms with van der Waals surface area (Å²) < 4.78 is 40.3. The lowest BCUT2D eigenvalue weighted by molar-refractivity contribution is -0.141. The average Bonchev–Trinajstić information content (AvgIpc) is 3.30. The van der Waals surface area contributed by atoms with E-state index in [0.717, 1.165) is 0 Å². The Kier molecular flexibility index (Phi) is 4.65. The molecular weight excluding hydrogens is 377 g/mol. The third kappa shape index (κ3) is 3.57. The molecule has 0 atom stereocenters. The molecule has 1 aliphatic heterocycles. The zero-order valence-corrected chi connectivity index (χ0v) is 15.1. The molecular formula is C18H17F3N4OS. The number of hydrogen-bond acceptors (Lipinski definition) is 4. The summed E-state index contributed by atoms with van der Waals surface area (Å²) in [4.78, 5) is 23.2. The molecule has 1 aliphatic rings. The van der Waals surface area contributed by atoms with E-state index in [4.69, 9.17) is 0 Å². The van der Waals surface area contributed by atoms with Crippen LogP contribution in [0.4, 0.5) is 13.2 Å². The number of alkyl halides is 3. The van der Waals surface area contributed by atoms with E-state index >= 15 is 0 Å². The predicted molar refractivity (Wildman–Crippen MR) is 96.6 cm³/mol. The predicted octanol–water partition coefficient (Wildman–Crippen LogP) is 3.60. The van der Waals surface area contributed by atoms with E-state index in [1.165, 1.54) is 17.5 Å². The number of amides is 1. The summed E-state index contributed by atoms with van der Waals surface area (Å²) >= 11 is 1.39. The van der Waals surface area contributed by atoms with Gasteiger partial charge < -0.3 is 9.88 Å². The van der Waals surface area contributed by atoms with Crippen molar-refractivity contribution >= 4 is 28.3 Å². The molecule has 3 aromatic rings. The molecule has 0 unspecified atom stereocenters. The van der Waals surface area contributed by atoms with Crippen molar-refractivity contribution in [3.63, 3.8) is 0 Å². The van der Waals surface area contributed by atoms with Crippen LogP contribution in [0.5, 0.6) is 0 Å². The molecule has 0 aliphatic carbocycles. The lowest BCUT2D eigenvalue weighted by atomic mass is 10.1. The van der Waals surface area contributed by atoms with Crippen LogP contribution in [0.15, 0.2) is 35.8 Å². The van der Waals surface area contributed by atoms with Crippen molar-refractivity contribution in [2.45, 2.75) is 12.7 Å². The third-order valence-electron chi connectivity index (χ3n) is 4.73. The molecule has 4 rings (SSSR count). The number of aromatic amines is 1. The van der Waals surface area contributed by atoms with Crippen LogP contribution in [0, 0.1) is 0 Å². The van der Waals surface area contributed by atoms with Crippen LogP contribution in [-0.2, 0) is 12.7 Å². The second-order valence-electron chi connectivity index (χ2n) is 6.42. The highest BCUT2D eigenvalue weighted by molar-refractivity contribution is 7.12. The Balaban J connectivity index is 1.50. The fourth-order valence-corrected chi connectivity index (χ4v) is 4.06. The van der Waals surface area contributed by atoms with Gasteiger partial charge in [0, 0.05) is 49.9 Å². The summed E-state index contributed by atoms with van der Waals surface area (Å²) in [6.45, 7) is 2.22. The van der Waals surface area contributed by atoms with Crippen LogP contribution < -0.4 is 0 Å². The molecule has 142 valence electrons. The molecule has 1 saturated heterocycles. The SMILES string of the molecule is O=C(c1cccs1)N1CCN(Cc2c(C(F)(F)F)[nH]c3ncccc23)CC1. The molecule has 0 spiro atoms. The quantitative estimate of drug-likeness (QED) is 0.739. The number of aromatic nitrogens is 2. The molecule has 0 bridgehead atoms. The Morgan fingerprint density at radius 1 is 1.19 bits per heavy atom. The van der Waals surface area contributed by atoms with Crippen molar-refractivity contribution in [1.29, 1.82) is 0 Å². The average molecular weight is 394 g/mol. The Labute approximate surface area is 157 Å². The molecule has 0 radical (unpaired) electrons. The minimum Gasteiger partial charge on any atom is -0.335 e. The molecule has 1 amide bonds. The lowest BCUT2D eigenvalue weighted by Gasteiger charge is -2.34. The normalized spacial score (nSPS) is 16.2. The molecule has 4 heterocycles. The van der Waals surface area contributed by atoms with Gasteiger partial charge in [-0.25, -0.2) is 4.98 Å². The summed E-state index contributed by atoms with van der Waals surface area (Å²) in [6, 6.07) is 6.91. The maximum atomic E-state index is 13.4. The van der Waals surface area contributed by atoms with Gasteiger partial charge in [-0.1, -0.05) is 6.07 Å². The number of nitrogens with one attached hydrogen (secondary N) is 1. The zero-order chi connectivity index (χ0) is 19.0. The van der Waals surface area contributed by atoms with Gasteiger partial charge in [0.05, 0.1) is 4.88 Å². The molecule has 1 N–H and O–H groups in total. The summed E-state index contributed by atoms with van der Waals surface area (Å²) in [5, 5.41) is 2.34. The first-order valence-electron chi connectivity index (χ1n) is 8.51. The van der Waals surface area contributed by atoms with Crippen LogP contribution in [0.1, 0.15) is 20.9 Å². The monoisotopic (exact) mass is 394 g/mol. The number of fused-ring (bicyclic) bond motifs is 1. The third-order valence-corrected chi connectivity index (χ3v) is 5.59. The Hall–Kier alpha value is -2.39. The maximum Gasteiger partial charge on any atom is 0.431 e. The van der Waals surface area contributed by atoms with Gasteiger partial charge in [-0.05, 0) is 23.6 Å². The van der Waals surface area contributed by atoms with E-state index in [2.05, 4.69) is 9.97 Å². The van der Waals surface area contributed by atoms with Crippen molar-refractivity contribution in [3.8, 4) is 0 Å². The number of rotatable bonds is 3. The van der Waals surface area contributed by atoms with E-state index in [1.54, 1.807) is 23.1 Å². The van der Waals surface area contributed by atoms with Gasteiger partial charge >= 0.3 is 6.18 Å². The minimum absolute atomic E-state index is 0.0167. The van der Waals surface area contributed by atoms with Crippen LogP contribution in [0.3, 0.4) is 0 Å². The fraction of sp³-hybridized carbons (Fsp3) is 0.333.